The van der Waals surface area contributed by atoms with Gasteiger partial charge in [-0.3, -0.25) is 14.8 Å². The first-order valence-corrected chi connectivity index (χ1v) is 13.3. The Morgan fingerprint density at radius 2 is 1.82 bits per heavy atom. The average Bonchev–Trinajstić information content (AvgIpc) is 3.10. The molecule has 1 aliphatic heterocycles. The van der Waals surface area contributed by atoms with Crippen molar-refractivity contribution in [1.82, 2.24) is 9.79 Å². The fraction of sp³-hybridized carbons (Fsp3) is 0.185. The maximum Gasteiger partial charge on any atom is 0.263 e. The van der Waals surface area contributed by atoms with Crippen molar-refractivity contribution in [3.63, 3.8) is 0 Å². The van der Waals surface area contributed by atoms with Gasteiger partial charge in [0.1, 0.15) is 18.4 Å². The van der Waals surface area contributed by atoms with E-state index < -0.39 is 27.9 Å². The van der Waals surface area contributed by atoms with Crippen LogP contribution in [0.3, 0.4) is 0 Å². The van der Waals surface area contributed by atoms with E-state index in [-0.39, 0.29) is 24.6 Å². The van der Waals surface area contributed by atoms with Crippen molar-refractivity contribution in [3.8, 4) is 17.6 Å². The Kier molecular flexibility index (Phi) is 8.34. The Morgan fingerprint density at radius 1 is 1.11 bits per heavy atom. The number of ether oxygens (including phenoxy) is 1. The lowest BCUT2D eigenvalue weighted by molar-refractivity contribution is -0.133. The fourth-order valence-corrected chi connectivity index (χ4v) is 5.79. The number of sulfonamides is 1. The number of hydrogen-bond acceptors (Lipinski definition) is 6. The predicted molar refractivity (Wildman–Crippen MR) is 141 cm³/mol. The van der Waals surface area contributed by atoms with Gasteiger partial charge in [0.15, 0.2) is 0 Å². The van der Waals surface area contributed by atoms with Crippen LogP contribution in [0.2, 0.25) is 5.02 Å². The second-order valence-electron chi connectivity index (χ2n) is 8.28. The molecule has 38 heavy (non-hydrogen) atoms. The largest absolute Gasteiger partial charge is 0.481 e. The zero-order valence-electron chi connectivity index (χ0n) is 20.3. The molecule has 0 aromatic heterocycles. The van der Waals surface area contributed by atoms with E-state index in [2.05, 4.69) is 11.8 Å². The maximum absolute atomic E-state index is 13.8. The van der Waals surface area contributed by atoms with Gasteiger partial charge in [0.2, 0.25) is 10.0 Å². The first kappa shape index (κ1) is 27.2. The number of anilines is 1. The quantitative estimate of drug-likeness (QED) is 0.274. The summed E-state index contributed by atoms with van der Waals surface area (Å²) in [6, 6.07) is 17.3. The molecule has 2 amide bonds. The number of hydrogen-bond donors (Lipinski definition) is 2. The Labute approximate surface area is 225 Å². The van der Waals surface area contributed by atoms with Crippen LogP contribution in [-0.4, -0.2) is 48.9 Å². The van der Waals surface area contributed by atoms with Gasteiger partial charge < -0.3 is 9.64 Å². The molecule has 1 aliphatic rings. The summed E-state index contributed by atoms with van der Waals surface area (Å²) in [7, 11) is -4.29. The van der Waals surface area contributed by atoms with E-state index in [4.69, 9.17) is 16.3 Å². The van der Waals surface area contributed by atoms with Gasteiger partial charge in [0, 0.05) is 17.1 Å². The second-order valence-corrected chi connectivity index (χ2v) is 10.6. The zero-order valence-corrected chi connectivity index (χ0v) is 21.9. The number of carbonyl (C=O) groups excluding carboxylic acids is 2. The standard InChI is InChI=1S/C27H24ClN3O6S/c1-2-3-15-37-22-11-13-23(14-12-22)38(35,36)31-17-20-9-10-21(28)16-24(20)30(18-25(31)26(32)29-34)27(33)19-7-5-4-6-8-19/h4-14,16,25,34H,15,17-18H2,1H3,(H,29,32). The highest BCUT2D eigenvalue weighted by atomic mass is 35.5. The molecule has 3 aromatic carbocycles. The van der Waals surface area contributed by atoms with E-state index in [1.807, 2.05) is 0 Å². The van der Waals surface area contributed by atoms with Crippen molar-refractivity contribution in [1.29, 1.82) is 0 Å². The van der Waals surface area contributed by atoms with Crippen molar-refractivity contribution in [2.24, 2.45) is 0 Å². The van der Waals surface area contributed by atoms with Crippen LogP contribution in [0.5, 0.6) is 5.75 Å². The topological polar surface area (TPSA) is 116 Å². The summed E-state index contributed by atoms with van der Waals surface area (Å²) >= 11 is 6.25. The lowest BCUT2D eigenvalue weighted by Crippen LogP contribution is -2.53. The molecular formula is C27H24ClN3O6S. The molecule has 0 radical (unpaired) electrons. The van der Waals surface area contributed by atoms with Gasteiger partial charge in [-0.15, -0.1) is 5.92 Å². The third-order valence-electron chi connectivity index (χ3n) is 5.96. The van der Waals surface area contributed by atoms with Gasteiger partial charge in [-0.1, -0.05) is 41.8 Å². The fourth-order valence-electron chi connectivity index (χ4n) is 4.07. The Balaban J connectivity index is 1.78. The highest BCUT2D eigenvalue weighted by molar-refractivity contribution is 7.89. The number of amides is 2. The van der Waals surface area contributed by atoms with Gasteiger partial charge in [0.05, 0.1) is 17.1 Å². The summed E-state index contributed by atoms with van der Waals surface area (Å²) in [5, 5.41) is 9.83. The van der Waals surface area contributed by atoms with Crippen LogP contribution in [0.1, 0.15) is 22.8 Å². The SMILES string of the molecule is CC#CCOc1ccc(S(=O)(=O)N2Cc3ccc(Cl)cc3N(C(=O)c3ccccc3)CC2C(=O)NO)cc1. The van der Waals surface area contributed by atoms with E-state index in [0.717, 1.165) is 4.31 Å². The predicted octanol–water partition coefficient (Wildman–Crippen LogP) is 3.47. The first-order chi connectivity index (χ1) is 18.3. The van der Waals surface area contributed by atoms with Crippen molar-refractivity contribution >= 4 is 39.1 Å². The third-order valence-corrected chi connectivity index (χ3v) is 8.07. The number of hydroxylamine groups is 1. The van der Waals surface area contributed by atoms with Crippen LogP contribution < -0.4 is 15.1 Å². The highest BCUT2D eigenvalue weighted by Crippen LogP contribution is 2.34. The van der Waals surface area contributed by atoms with Crippen molar-refractivity contribution < 1.29 is 28.0 Å². The maximum atomic E-state index is 13.8. The minimum atomic E-state index is -4.29. The molecule has 0 fully saturated rings. The van der Waals surface area contributed by atoms with E-state index in [0.29, 0.717) is 27.6 Å². The van der Waals surface area contributed by atoms with Gasteiger partial charge in [-0.05, 0) is 61.0 Å². The first-order valence-electron chi connectivity index (χ1n) is 11.5. The van der Waals surface area contributed by atoms with Crippen molar-refractivity contribution in [2.75, 3.05) is 18.1 Å². The number of benzene rings is 3. The molecule has 2 N–H and O–H groups in total. The molecule has 1 atom stereocenters. The summed E-state index contributed by atoms with van der Waals surface area (Å²) in [5.74, 6) is 4.44. The number of rotatable bonds is 6. The molecule has 4 rings (SSSR count). The Morgan fingerprint density at radius 3 is 2.47 bits per heavy atom. The molecule has 0 aliphatic carbocycles. The molecule has 3 aromatic rings. The molecule has 1 heterocycles. The van der Waals surface area contributed by atoms with Crippen LogP contribution in [0.4, 0.5) is 5.69 Å². The smallest absolute Gasteiger partial charge is 0.263 e. The molecule has 1 unspecified atom stereocenters. The van der Waals surface area contributed by atoms with Gasteiger partial charge in [0.25, 0.3) is 11.8 Å². The highest BCUT2D eigenvalue weighted by Gasteiger charge is 2.41. The molecule has 0 bridgehead atoms. The van der Waals surface area contributed by atoms with Crippen LogP contribution in [0.15, 0.2) is 77.7 Å². The summed E-state index contributed by atoms with van der Waals surface area (Å²) in [4.78, 5) is 27.6. The molecule has 11 heteroatoms. The van der Waals surface area contributed by atoms with Crippen LogP contribution in [0.25, 0.3) is 0 Å². The van der Waals surface area contributed by atoms with Gasteiger partial charge in [-0.2, -0.15) is 4.31 Å². The zero-order chi connectivity index (χ0) is 27.3. The minimum absolute atomic E-state index is 0.0967. The normalized spacial score (nSPS) is 15.4. The molecule has 0 spiro atoms. The number of fused-ring (bicyclic) bond motifs is 1. The number of carbonyl (C=O) groups is 2. The summed E-state index contributed by atoms with van der Waals surface area (Å²) in [6.45, 7) is 1.21. The average molecular weight is 554 g/mol. The van der Waals surface area contributed by atoms with E-state index in [1.54, 1.807) is 60.9 Å². The number of nitrogens with one attached hydrogen (secondary N) is 1. The van der Waals surface area contributed by atoms with Crippen LogP contribution in [-0.2, 0) is 21.4 Å². The lowest BCUT2D eigenvalue weighted by Gasteiger charge is -2.29. The van der Waals surface area contributed by atoms with Gasteiger partial charge in [-0.25, -0.2) is 13.9 Å². The second kappa shape index (κ2) is 11.7. The molecule has 0 saturated heterocycles. The van der Waals surface area contributed by atoms with Gasteiger partial charge >= 0.3 is 0 Å². The van der Waals surface area contributed by atoms with Crippen LogP contribution in [0, 0.1) is 11.8 Å². The molecule has 196 valence electrons. The van der Waals surface area contributed by atoms with E-state index in [9.17, 15) is 23.2 Å². The van der Waals surface area contributed by atoms with Crippen molar-refractivity contribution in [3.05, 3.63) is 88.9 Å². The lowest BCUT2D eigenvalue weighted by atomic mass is 10.1. The summed E-state index contributed by atoms with van der Waals surface area (Å²) in [5.41, 5.74) is 2.70. The Hall–Kier alpha value is -3.88. The molecular weight excluding hydrogens is 530 g/mol. The number of nitrogens with zero attached hydrogens (tertiary/aromatic N) is 2. The molecule has 9 nitrogen and oxygen atoms in total. The summed E-state index contributed by atoms with van der Waals surface area (Å²) < 4.78 is 34.1. The minimum Gasteiger partial charge on any atom is -0.481 e. The van der Waals surface area contributed by atoms with Crippen molar-refractivity contribution in [2.45, 2.75) is 24.4 Å². The van der Waals surface area contributed by atoms with Crippen LogP contribution >= 0.6 is 11.6 Å². The number of halogens is 1. The van der Waals surface area contributed by atoms with E-state index in [1.165, 1.54) is 29.2 Å². The third kappa shape index (κ3) is 5.66. The Bertz CT molecular complexity index is 1500. The van der Waals surface area contributed by atoms with E-state index >= 15 is 0 Å². The molecule has 0 saturated carbocycles. The summed E-state index contributed by atoms with van der Waals surface area (Å²) in [6.07, 6.45) is 0. The monoisotopic (exact) mass is 553 g/mol.